The first kappa shape index (κ1) is 19.3. The van der Waals surface area contributed by atoms with E-state index in [-0.39, 0.29) is 15.7 Å². The van der Waals surface area contributed by atoms with Crippen LogP contribution in [0.4, 0.5) is 23.2 Å². The third-order valence-electron chi connectivity index (χ3n) is 3.63. The van der Waals surface area contributed by atoms with Crippen molar-refractivity contribution < 1.29 is 22.4 Å². The monoisotopic (exact) mass is 414 g/mol. The van der Waals surface area contributed by atoms with E-state index in [2.05, 4.69) is 10.3 Å². The van der Waals surface area contributed by atoms with E-state index in [0.29, 0.717) is 22.5 Å². The van der Waals surface area contributed by atoms with Crippen LogP contribution in [-0.2, 0) is 6.18 Å². The molecule has 1 heterocycles. The summed E-state index contributed by atoms with van der Waals surface area (Å²) in [4.78, 5) is 15.2. The van der Waals surface area contributed by atoms with Gasteiger partial charge in [0.05, 0.1) is 15.7 Å². The lowest BCUT2D eigenvalue weighted by molar-refractivity contribution is -0.141. The van der Waals surface area contributed by atoms with Crippen LogP contribution in [0.5, 0.6) is 0 Å². The molecule has 0 radical (unpaired) electrons. The highest BCUT2D eigenvalue weighted by Gasteiger charge is 2.39. The molecule has 3 nitrogen and oxygen atoms in total. The van der Waals surface area contributed by atoms with Crippen LogP contribution in [0.3, 0.4) is 0 Å². The molecule has 1 amide bonds. The Morgan fingerprint density at radius 3 is 2.44 bits per heavy atom. The molecule has 0 aliphatic carbocycles. The molecule has 0 unspecified atom stereocenters. The predicted octanol–water partition coefficient (Wildman–Crippen LogP) is 6.18. The normalized spacial score (nSPS) is 11.5. The standard InChI is InChI=1S/C18H11ClF4N2OS/c1-9-24-16(18(21,22)23)15(27-9)17(26)25-14-11(7-8-12(19)13(14)20)10-5-3-2-4-6-10/h2-8H,1H3,(H,25,26). The maximum Gasteiger partial charge on any atom is 0.435 e. The molecular formula is C18H11ClF4N2OS. The van der Waals surface area contributed by atoms with E-state index >= 15 is 0 Å². The second-order valence-electron chi connectivity index (χ2n) is 5.51. The van der Waals surface area contributed by atoms with E-state index in [9.17, 15) is 22.4 Å². The Kier molecular flexibility index (Phi) is 5.21. The van der Waals surface area contributed by atoms with Gasteiger partial charge in [-0.3, -0.25) is 4.79 Å². The SMILES string of the molecule is Cc1nc(C(F)(F)F)c(C(=O)Nc2c(-c3ccccc3)ccc(Cl)c2F)s1. The van der Waals surface area contributed by atoms with Crippen molar-refractivity contribution in [3.8, 4) is 11.1 Å². The smallest absolute Gasteiger partial charge is 0.318 e. The number of carbonyl (C=O) groups is 1. The van der Waals surface area contributed by atoms with Crippen LogP contribution >= 0.6 is 22.9 Å². The number of amides is 1. The molecule has 0 aliphatic heterocycles. The van der Waals surface area contributed by atoms with E-state index in [1.807, 2.05) is 0 Å². The van der Waals surface area contributed by atoms with Gasteiger partial charge in [-0.1, -0.05) is 48.0 Å². The van der Waals surface area contributed by atoms with Gasteiger partial charge in [-0.2, -0.15) is 13.2 Å². The van der Waals surface area contributed by atoms with Gasteiger partial charge in [0.25, 0.3) is 5.91 Å². The maximum atomic E-state index is 14.6. The molecule has 1 aromatic heterocycles. The van der Waals surface area contributed by atoms with E-state index in [1.54, 1.807) is 30.3 Å². The minimum atomic E-state index is -4.80. The molecule has 0 fully saturated rings. The molecule has 0 aliphatic rings. The highest BCUT2D eigenvalue weighted by atomic mass is 35.5. The minimum absolute atomic E-state index is 0.0716. The highest BCUT2D eigenvalue weighted by Crippen LogP contribution is 2.37. The number of aryl methyl sites for hydroxylation is 1. The summed E-state index contributed by atoms with van der Waals surface area (Å²) in [5.41, 5.74) is -0.732. The van der Waals surface area contributed by atoms with Crippen LogP contribution in [0.1, 0.15) is 20.4 Å². The molecule has 0 atom stereocenters. The number of anilines is 1. The molecular weight excluding hydrogens is 404 g/mol. The molecule has 27 heavy (non-hydrogen) atoms. The molecule has 0 saturated carbocycles. The number of hydrogen-bond donors (Lipinski definition) is 1. The summed E-state index contributed by atoms with van der Waals surface area (Å²) in [6.07, 6.45) is -4.80. The van der Waals surface area contributed by atoms with Crippen LogP contribution in [0.25, 0.3) is 11.1 Å². The van der Waals surface area contributed by atoms with E-state index in [1.165, 1.54) is 19.1 Å². The first-order valence-electron chi connectivity index (χ1n) is 7.58. The molecule has 0 bridgehead atoms. The molecule has 0 spiro atoms. The number of carbonyl (C=O) groups excluding carboxylic acids is 1. The van der Waals surface area contributed by atoms with Crippen molar-refractivity contribution in [1.82, 2.24) is 4.98 Å². The molecule has 3 rings (SSSR count). The Bertz CT molecular complexity index is 1000. The third kappa shape index (κ3) is 3.96. The molecule has 1 N–H and O–H groups in total. The van der Waals surface area contributed by atoms with Gasteiger partial charge in [-0.05, 0) is 18.6 Å². The van der Waals surface area contributed by atoms with Crippen LogP contribution in [0.2, 0.25) is 5.02 Å². The van der Waals surface area contributed by atoms with Gasteiger partial charge in [0.15, 0.2) is 11.5 Å². The second-order valence-corrected chi connectivity index (χ2v) is 7.12. The first-order chi connectivity index (χ1) is 12.7. The Labute approximate surface area is 160 Å². The Morgan fingerprint density at radius 1 is 1.15 bits per heavy atom. The Balaban J connectivity index is 2.06. The van der Waals surface area contributed by atoms with Crippen molar-refractivity contribution in [2.24, 2.45) is 0 Å². The minimum Gasteiger partial charge on any atom is -0.318 e. The fourth-order valence-electron chi connectivity index (χ4n) is 2.47. The summed E-state index contributed by atoms with van der Waals surface area (Å²) in [7, 11) is 0. The number of aromatic nitrogens is 1. The van der Waals surface area contributed by atoms with Gasteiger partial charge in [-0.15, -0.1) is 11.3 Å². The van der Waals surface area contributed by atoms with E-state index in [4.69, 9.17) is 11.6 Å². The van der Waals surface area contributed by atoms with Crippen LogP contribution in [-0.4, -0.2) is 10.9 Å². The van der Waals surface area contributed by atoms with Gasteiger partial charge >= 0.3 is 6.18 Å². The number of hydrogen-bond acceptors (Lipinski definition) is 3. The second kappa shape index (κ2) is 7.28. The maximum absolute atomic E-state index is 14.6. The number of alkyl halides is 3. The number of nitrogens with one attached hydrogen (secondary N) is 1. The zero-order valence-electron chi connectivity index (χ0n) is 13.7. The summed E-state index contributed by atoms with van der Waals surface area (Å²) < 4.78 is 53.9. The predicted molar refractivity (Wildman–Crippen MR) is 96.7 cm³/mol. The van der Waals surface area contributed by atoms with Gasteiger partial charge in [0, 0.05) is 5.56 Å². The highest BCUT2D eigenvalue weighted by molar-refractivity contribution is 7.13. The van der Waals surface area contributed by atoms with E-state index < -0.39 is 28.5 Å². The molecule has 3 aromatic rings. The number of thiazole rings is 1. The lowest BCUT2D eigenvalue weighted by Crippen LogP contribution is -2.18. The third-order valence-corrected chi connectivity index (χ3v) is 4.89. The summed E-state index contributed by atoms with van der Waals surface area (Å²) in [6.45, 7) is 1.35. The average molecular weight is 415 g/mol. The fraction of sp³-hybridized carbons (Fsp3) is 0.111. The van der Waals surface area contributed by atoms with Crippen molar-refractivity contribution in [1.29, 1.82) is 0 Å². The number of halogens is 5. The Morgan fingerprint density at radius 2 is 1.81 bits per heavy atom. The Hall–Kier alpha value is -2.45. The lowest BCUT2D eigenvalue weighted by atomic mass is 10.0. The summed E-state index contributed by atoms with van der Waals surface area (Å²) >= 11 is 6.38. The van der Waals surface area contributed by atoms with Gasteiger partial charge < -0.3 is 5.32 Å². The molecule has 2 aromatic carbocycles. The lowest BCUT2D eigenvalue weighted by Gasteiger charge is -2.14. The summed E-state index contributed by atoms with van der Waals surface area (Å²) in [6, 6.07) is 11.3. The largest absolute Gasteiger partial charge is 0.435 e. The topological polar surface area (TPSA) is 42.0 Å². The van der Waals surface area contributed by atoms with Crippen LogP contribution in [0, 0.1) is 12.7 Å². The van der Waals surface area contributed by atoms with Crippen molar-refractivity contribution >= 4 is 34.5 Å². The van der Waals surface area contributed by atoms with Crippen molar-refractivity contribution in [3.05, 3.63) is 68.9 Å². The molecule has 0 saturated heterocycles. The number of rotatable bonds is 3. The molecule has 140 valence electrons. The quantitative estimate of drug-likeness (QED) is 0.520. The van der Waals surface area contributed by atoms with Crippen LogP contribution in [0.15, 0.2) is 42.5 Å². The summed E-state index contributed by atoms with van der Waals surface area (Å²) in [5.74, 6) is -2.03. The van der Waals surface area contributed by atoms with Crippen LogP contribution < -0.4 is 5.32 Å². The van der Waals surface area contributed by atoms with Crippen molar-refractivity contribution in [2.45, 2.75) is 13.1 Å². The zero-order chi connectivity index (χ0) is 19.8. The molecule has 9 heteroatoms. The van der Waals surface area contributed by atoms with Crippen molar-refractivity contribution in [3.63, 3.8) is 0 Å². The first-order valence-corrected chi connectivity index (χ1v) is 8.77. The van der Waals surface area contributed by atoms with Gasteiger partial charge in [0.1, 0.15) is 4.88 Å². The van der Waals surface area contributed by atoms with Gasteiger partial charge in [-0.25, -0.2) is 9.37 Å². The van der Waals surface area contributed by atoms with Crippen molar-refractivity contribution in [2.75, 3.05) is 5.32 Å². The summed E-state index contributed by atoms with van der Waals surface area (Å²) in [5, 5.41) is 2.04. The number of benzene rings is 2. The zero-order valence-corrected chi connectivity index (χ0v) is 15.3. The number of nitrogens with zero attached hydrogens (tertiary/aromatic N) is 1. The average Bonchev–Trinajstić information content (AvgIpc) is 3.02. The fourth-order valence-corrected chi connectivity index (χ4v) is 3.47. The van der Waals surface area contributed by atoms with E-state index in [0.717, 1.165) is 0 Å². The van der Waals surface area contributed by atoms with Gasteiger partial charge in [0.2, 0.25) is 0 Å².